The molecule has 5 aliphatic rings. The number of benzene rings is 2. The van der Waals surface area contributed by atoms with Crippen LogP contribution in [0.1, 0.15) is 116 Å². The smallest absolute Gasteiger partial charge is 0.309 e. The predicted octanol–water partition coefficient (Wildman–Crippen LogP) is 9.02. The van der Waals surface area contributed by atoms with E-state index in [4.69, 9.17) is 33.2 Å². The van der Waals surface area contributed by atoms with Crippen LogP contribution in [0.5, 0.6) is 0 Å². The first-order chi connectivity index (χ1) is 29.6. The molecule has 2 aliphatic heterocycles. The number of carbonyl (C=O) groups excluding carboxylic acids is 1. The second-order valence-electron chi connectivity index (χ2n) is 19.0. The molecular weight excluding hydrogens is 832 g/mol. The molecular formula is C47H54Cl2FN7O5. The Kier molecular flexibility index (Phi) is 11.2. The van der Waals surface area contributed by atoms with Crippen molar-refractivity contribution in [2.75, 3.05) is 25.0 Å². The molecule has 4 aromatic rings. The number of hydrogen-bond donors (Lipinski definition) is 3. The number of aliphatic carboxylic acids is 2. The highest BCUT2D eigenvalue weighted by molar-refractivity contribution is 6.39. The Hall–Kier alpha value is -4.56. The van der Waals surface area contributed by atoms with Gasteiger partial charge in [0.1, 0.15) is 0 Å². The molecule has 2 aromatic carbocycles. The number of carboxylic acids is 2. The molecule has 0 unspecified atom stereocenters. The Morgan fingerprint density at radius 1 is 0.839 bits per heavy atom. The third kappa shape index (κ3) is 7.56. The van der Waals surface area contributed by atoms with Crippen molar-refractivity contribution in [3.8, 4) is 11.1 Å². The number of rotatable bonds is 11. The Balaban J connectivity index is 0.869. The Morgan fingerprint density at radius 3 is 2.15 bits per heavy atom. The van der Waals surface area contributed by atoms with Gasteiger partial charge < -0.3 is 24.7 Å². The van der Waals surface area contributed by atoms with E-state index in [0.29, 0.717) is 53.3 Å². The van der Waals surface area contributed by atoms with Crippen molar-refractivity contribution < 1.29 is 29.0 Å². The number of anilines is 1. The lowest BCUT2D eigenvalue weighted by molar-refractivity contribution is -0.150. The lowest BCUT2D eigenvalue weighted by atomic mass is 9.73. The second kappa shape index (κ2) is 16.2. The third-order valence-corrected chi connectivity index (χ3v) is 16.2. The zero-order valence-electron chi connectivity index (χ0n) is 35.6. The summed E-state index contributed by atoms with van der Waals surface area (Å²) in [5.41, 5.74) is 4.64. The van der Waals surface area contributed by atoms with E-state index in [1.807, 2.05) is 42.3 Å². The largest absolute Gasteiger partial charge is 0.481 e. The molecule has 2 bridgehead atoms. The first kappa shape index (κ1) is 42.7. The van der Waals surface area contributed by atoms with Crippen LogP contribution in [0.15, 0.2) is 36.4 Å². The summed E-state index contributed by atoms with van der Waals surface area (Å²) < 4.78 is 19.9. The van der Waals surface area contributed by atoms with E-state index >= 15 is 4.39 Å². The normalized spacial score (nSPS) is 26.4. The highest BCUT2D eigenvalue weighted by Gasteiger charge is 2.57. The molecule has 3 aliphatic carbocycles. The van der Waals surface area contributed by atoms with Crippen LogP contribution in [-0.4, -0.2) is 82.6 Å². The van der Waals surface area contributed by atoms with Gasteiger partial charge in [-0.3, -0.25) is 24.2 Å². The zero-order valence-corrected chi connectivity index (χ0v) is 37.1. The fourth-order valence-electron chi connectivity index (χ4n) is 11.3. The van der Waals surface area contributed by atoms with Crippen LogP contribution in [0.2, 0.25) is 10.0 Å². The highest BCUT2D eigenvalue weighted by Crippen LogP contribution is 2.63. The lowest BCUT2D eigenvalue weighted by Crippen LogP contribution is -2.44. The molecule has 62 heavy (non-hydrogen) atoms. The van der Waals surface area contributed by atoms with Crippen molar-refractivity contribution >= 4 is 58.6 Å². The van der Waals surface area contributed by atoms with Gasteiger partial charge in [-0.05, 0) is 101 Å². The molecule has 3 fully saturated rings. The summed E-state index contributed by atoms with van der Waals surface area (Å²) in [5, 5.41) is 23.1. The average Bonchev–Trinajstić information content (AvgIpc) is 4.02. The van der Waals surface area contributed by atoms with Crippen molar-refractivity contribution in [2.45, 2.75) is 103 Å². The minimum atomic E-state index is -0.732. The first-order valence-corrected chi connectivity index (χ1v) is 22.6. The van der Waals surface area contributed by atoms with Crippen LogP contribution in [0.4, 0.5) is 10.1 Å². The van der Waals surface area contributed by atoms with Gasteiger partial charge in [0.2, 0.25) is 0 Å². The number of fused-ring (bicyclic) bond motifs is 4. The predicted molar refractivity (Wildman–Crippen MR) is 237 cm³/mol. The summed E-state index contributed by atoms with van der Waals surface area (Å²) in [6.07, 6.45) is 11.1. The summed E-state index contributed by atoms with van der Waals surface area (Å²) in [7, 11) is 3.69. The molecule has 4 heterocycles. The Labute approximate surface area is 371 Å². The van der Waals surface area contributed by atoms with E-state index in [2.05, 4.69) is 15.1 Å². The minimum absolute atomic E-state index is 0.121. The fraction of sp³-hybridized carbons (Fsp3) is 0.511. The number of carbonyl (C=O) groups is 3. The van der Waals surface area contributed by atoms with Crippen LogP contribution >= 0.6 is 23.2 Å². The molecule has 12 nitrogen and oxygen atoms in total. The third-order valence-electron chi connectivity index (χ3n) is 15.4. The zero-order chi connectivity index (χ0) is 43.7. The van der Waals surface area contributed by atoms with E-state index in [1.165, 1.54) is 6.08 Å². The van der Waals surface area contributed by atoms with Gasteiger partial charge in [-0.15, -0.1) is 0 Å². The van der Waals surface area contributed by atoms with Gasteiger partial charge in [-0.2, -0.15) is 0 Å². The molecule has 9 rings (SSSR count). The summed E-state index contributed by atoms with van der Waals surface area (Å²) in [6, 6.07) is 10.9. The maximum atomic E-state index is 16.2. The van der Waals surface area contributed by atoms with Crippen LogP contribution in [-0.2, 0) is 49.6 Å². The second-order valence-corrected chi connectivity index (χ2v) is 19.7. The van der Waals surface area contributed by atoms with Crippen LogP contribution in [0.3, 0.4) is 0 Å². The first-order valence-electron chi connectivity index (χ1n) is 21.9. The number of hydrogen-bond acceptors (Lipinski definition) is 7. The molecule has 0 saturated heterocycles. The average molecular weight is 887 g/mol. The van der Waals surface area contributed by atoms with Gasteiger partial charge >= 0.3 is 11.9 Å². The maximum Gasteiger partial charge on any atom is 0.309 e. The monoisotopic (exact) mass is 885 g/mol. The van der Waals surface area contributed by atoms with Crippen molar-refractivity contribution in [1.29, 1.82) is 0 Å². The molecule has 0 radical (unpaired) electrons. The number of amides is 1. The van der Waals surface area contributed by atoms with Crippen molar-refractivity contribution in [3.63, 3.8) is 0 Å². The molecule has 3 N–H and O–H groups in total. The van der Waals surface area contributed by atoms with Crippen LogP contribution < -0.4 is 5.32 Å². The number of carboxylic acid groups (broad SMARTS) is 2. The van der Waals surface area contributed by atoms with E-state index < -0.39 is 28.6 Å². The van der Waals surface area contributed by atoms with Crippen LogP contribution in [0, 0.1) is 16.2 Å². The molecule has 0 atom stereocenters. The number of nitrogens with zero attached hydrogens (tertiary/aromatic N) is 6. The fourth-order valence-corrected chi connectivity index (χ4v) is 11.9. The summed E-state index contributed by atoms with van der Waals surface area (Å²) in [4.78, 5) is 51.9. The maximum absolute atomic E-state index is 16.2. The van der Waals surface area contributed by atoms with Gasteiger partial charge in [0.25, 0.3) is 5.91 Å². The number of halogens is 3. The standard InChI is InChI=1S/C47H54Cl2FN7O5/c1-45(43(59)60)14-10-29(11-15-45)57-22-13-37-35(26-57)51-40(54(37)2)32(50)24-28-6-4-7-30(38(28)48)31-8-5-9-33(39(31)49)53-42(58)41-52-34-25-56(21-12-36(34)55(41)3)23-20-46-16-18-47(27-46,19-17-46)44(61)62/h4-9,24,29H,10-23,25-27H2,1-3H3,(H,53,58)(H,59,60)(H,61,62)/b32-24-/t29-,45+,46?,47?. The minimum Gasteiger partial charge on any atom is -0.481 e. The van der Waals surface area contributed by atoms with Gasteiger partial charge in [-0.1, -0.05) is 53.5 Å². The van der Waals surface area contributed by atoms with Crippen LogP contribution in [0.25, 0.3) is 23.0 Å². The van der Waals surface area contributed by atoms with Crippen molar-refractivity contribution in [2.24, 2.45) is 30.3 Å². The summed E-state index contributed by atoms with van der Waals surface area (Å²) in [6.45, 7) is 5.60. The lowest BCUT2D eigenvalue weighted by Gasteiger charge is -2.41. The summed E-state index contributed by atoms with van der Waals surface area (Å²) in [5.74, 6) is -1.77. The highest BCUT2D eigenvalue weighted by atomic mass is 35.5. The van der Waals surface area contributed by atoms with Gasteiger partial charge in [0.15, 0.2) is 17.5 Å². The van der Waals surface area contributed by atoms with Gasteiger partial charge in [0.05, 0.1) is 38.0 Å². The molecule has 3 saturated carbocycles. The van der Waals surface area contributed by atoms with Crippen molar-refractivity contribution in [3.05, 3.63) is 86.4 Å². The van der Waals surface area contributed by atoms with Gasteiger partial charge in [-0.25, -0.2) is 14.4 Å². The van der Waals surface area contributed by atoms with Crippen molar-refractivity contribution in [1.82, 2.24) is 28.9 Å². The number of nitrogens with one attached hydrogen (secondary N) is 1. The number of aromatic nitrogens is 4. The Morgan fingerprint density at radius 2 is 1.47 bits per heavy atom. The Bertz CT molecular complexity index is 2500. The van der Waals surface area contributed by atoms with Gasteiger partial charge in [0, 0.05) is 81.7 Å². The van der Waals surface area contributed by atoms with E-state index in [-0.39, 0.29) is 34.0 Å². The summed E-state index contributed by atoms with van der Waals surface area (Å²) >= 11 is 14.0. The molecule has 15 heteroatoms. The molecule has 0 spiro atoms. The molecule has 1 amide bonds. The molecule has 2 aromatic heterocycles. The SMILES string of the molecule is Cn1c(C(=O)Nc2cccc(-c3cccc(/C=C(\F)c4nc5c(n4C)CCN([C@H]4CC[C@@](C)(C(=O)O)CC4)C5)c3Cl)c2Cl)nc2c1CCN(CCC13CCC(C(=O)O)(CC1)C3)C2. The topological polar surface area (TPSA) is 146 Å². The van der Waals surface area contributed by atoms with E-state index in [0.717, 1.165) is 107 Å². The van der Waals surface area contributed by atoms with E-state index in [1.54, 1.807) is 24.3 Å². The quantitative estimate of drug-likeness (QED) is 0.134. The number of imidazole rings is 2. The van der Waals surface area contributed by atoms with E-state index in [9.17, 15) is 24.6 Å². The molecule has 328 valence electrons.